The Bertz CT molecular complexity index is 491. The number of aromatic nitrogens is 1. The fourth-order valence-electron chi connectivity index (χ4n) is 1.57. The highest BCUT2D eigenvalue weighted by Crippen LogP contribution is 2.33. The zero-order valence-electron chi connectivity index (χ0n) is 9.96. The number of aryl methyl sites for hydroxylation is 1. The molecule has 1 aromatic heterocycles. The summed E-state index contributed by atoms with van der Waals surface area (Å²) in [6, 6.07) is 7.89. The third-order valence-corrected chi connectivity index (χ3v) is 3.85. The van der Waals surface area contributed by atoms with Crippen molar-refractivity contribution in [1.29, 1.82) is 0 Å². The number of benzene rings is 1. The van der Waals surface area contributed by atoms with E-state index in [1.165, 1.54) is 10.4 Å². The molecule has 0 bridgehead atoms. The minimum absolute atomic E-state index is 0.764. The normalized spacial score (nSPS) is 10.5. The van der Waals surface area contributed by atoms with E-state index >= 15 is 0 Å². The van der Waals surface area contributed by atoms with E-state index in [9.17, 15) is 0 Å². The Labute approximate surface area is 111 Å². The van der Waals surface area contributed by atoms with Gasteiger partial charge in [-0.2, -0.15) is 0 Å². The van der Waals surface area contributed by atoms with Crippen LogP contribution in [0.3, 0.4) is 0 Å². The highest BCUT2D eigenvalue weighted by Gasteiger charge is 2.08. The number of anilines is 1. The maximum Gasteiger partial charge on any atom is 0.183 e. The van der Waals surface area contributed by atoms with Gasteiger partial charge in [-0.3, -0.25) is 0 Å². The van der Waals surface area contributed by atoms with Crippen LogP contribution in [0.25, 0.3) is 10.4 Å². The fourth-order valence-corrected chi connectivity index (χ4v) is 2.70. The molecule has 0 fully saturated rings. The summed E-state index contributed by atoms with van der Waals surface area (Å²) in [5.41, 5.74) is 2.24. The van der Waals surface area contributed by atoms with Crippen LogP contribution in [0.1, 0.15) is 19.0 Å². The second-order valence-electron chi connectivity index (χ2n) is 3.87. The van der Waals surface area contributed by atoms with E-state index in [2.05, 4.69) is 17.2 Å². The van der Waals surface area contributed by atoms with Gasteiger partial charge in [0.2, 0.25) is 0 Å². The summed E-state index contributed by atoms with van der Waals surface area (Å²) in [6.45, 7) is 5.15. The summed E-state index contributed by atoms with van der Waals surface area (Å²) in [4.78, 5) is 5.73. The third-order valence-electron chi connectivity index (χ3n) is 2.43. The van der Waals surface area contributed by atoms with E-state index in [0.717, 1.165) is 28.8 Å². The maximum atomic E-state index is 5.89. The molecule has 0 unspecified atom stereocenters. The Balaban J connectivity index is 2.26. The van der Waals surface area contributed by atoms with Gasteiger partial charge >= 0.3 is 0 Å². The van der Waals surface area contributed by atoms with Crippen LogP contribution in [0.15, 0.2) is 24.3 Å². The van der Waals surface area contributed by atoms with Gasteiger partial charge in [0.15, 0.2) is 5.13 Å². The van der Waals surface area contributed by atoms with Crippen molar-refractivity contribution < 1.29 is 0 Å². The van der Waals surface area contributed by atoms with Crippen LogP contribution >= 0.6 is 22.9 Å². The molecule has 0 atom stereocenters. The smallest absolute Gasteiger partial charge is 0.183 e. The maximum absolute atomic E-state index is 5.89. The van der Waals surface area contributed by atoms with Crippen LogP contribution in [-0.2, 0) is 0 Å². The number of hydrogen-bond donors (Lipinski definition) is 1. The van der Waals surface area contributed by atoms with Crippen molar-refractivity contribution in [2.24, 2.45) is 0 Å². The number of hydrogen-bond acceptors (Lipinski definition) is 3. The third kappa shape index (κ3) is 2.99. The molecule has 0 aliphatic rings. The molecule has 1 aromatic carbocycles. The van der Waals surface area contributed by atoms with E-state index in [4.69, 9.17) is 11.6 Å². The van der Waals surface area contributed by atoms with Crippen molar-refractivity contribution in [3.05, 3.63) is 35.0 Å². The summed E-state index contributed by atoms with van der Waals surface area (Å²) in [5, 5.41) is 5.08. The zero-order chi connectivity index (χ0) is 12.3. The Morgan fingerprint density at radius 2 is 2.00 bits per heavy atom. The van der Waals surface area contributed by atoms with Gasteiger partial charge < -0.3 is 5.32 Å². The van der Waals surface area contributed by atoms with Gasteiger partial charge in [-0.05, 0) is 31.0 Å². The highest BCUT2D eigenvalue weighted by atomic mass is 35.5. The molecule has 0 radical (unpaired) electrons. The number of nitrogens with one attached hydrogen (secondary N) is 1. The van der Waals surface area contributed by atoms with Crippen LogP contribution in [0, 0.1) is 6.92 Å². The topological polar surface area (TPSA) is 24.9 Å². The number of nitrogens with zero attached hydrogens (tertiary/aromatic N) is 1. The summed E-state index contributed by atoms with van der Waals surface area (Å²) in [6.07, 6.45) is 1.11. The second kappa shape index (κ2) is 5.52. The minimum atomic E-state index is 0.764. The zero-order valence-corrected chi connectivity index (χ0v) is 11.5. The molecular weight excluding hydrogens is 252 g/mol. The molecule has 2 aromatic rings. The van der Waals surface area contributed by atoms with Crippen LogP contribution in [0.2, 0.25) is 5.02 Å². The fraction of sp³-hybridized carbons (Fsp3) is 0.308. The van der Waals surface area contributed by atoms with Gasteiger partial charge in [0, 0.05) is 11.6 Å². The Morgan fingerprint density at radius 1 is 1.29 bits per heavy atom. The monoisotopic (exact) mass is 266 g/mol. The van der Waals surface area contributed by atoms with E-state index in [-0.39, 0.29) is 0 Å². The van der Waals surface area contributed by atoms with Crippen molar-refractivity contribution in [2.45, 2.75) is 20.3 Å². The molecule has 0 amide bonds. The first kappa shape index (κ1) is 12.4. The van der Waals surface area contributed by atoms with Gasteiger partial charge in [-0.25, -0.2) is 4.98 Å². The van der Waals surface area contributed by atoms with Crippen molar-refractivity contribution in [2.75, 3.05) is 11.9 Å². The van der Waals surface area contributed by atoms with Gasteiger partial charge in [0.1, 0.15) is 0 Å². The average molecular weight is 267 g/mol. The van der Waals surface area contributed by atoms with Crippen LogP contribution in [0.5, 0.6) is 0 Å². The lowest BCUT2D eigenvalue weighted by Gasteiger charge is -1.98. The largest absolute Gasteiger partial charge is 0.362 e. The predicted molar refractivity (Wildman–Crippen MR) is 76.1 cm³/mol. The van der Waals surface area contributed by atoms with E-state index < -0.39 is 0 Å². The van der Waals surface area contributed by atoms with Gasteiger partial charge in [0.25, 0.3) is 0 Å². The van der Waals surface area contributed by atoms with Crippen molar-refractivity contribution in [3.63, 3.8) is 0 Å². The lowest BCUT2D eigenvalue weighted by Crippen LogP contribution is -1.98. The molecule has 0 aliphatic heterocycles. The van der Waals surface area contributed by atoms with Crippen LogP contribution < -0.4 is 5.32 Å². The van der Waals surface area contributed by atoms with Crippen molar-refractivity contribution in [3.8, 4) is 10.4 Å². The Hall–Kier alpha value is -1.06. The van der Waals surface area contributed by atoms with E-state index in [0.29, 0.717) is 0 Å². The summed E-state index contributed by atoms with van der Waals surface area (Å²) < 4.78 is 0. The van der Waals surface area contributed by atoms with E-state index in [1.54, 1.807) is 11.3 Å². The molecule has 0 aliphatic carbocycles. The van der Waals surface area contributed by atoms with Gasteiger partial charge in [-0.1, -0.05) is 42.0 Å². The SMILES string of the molecule is CCCNc1nc(C)c(-c2ccc(Cl)cc2)s1. The first-order valence-corrected chi connectivity index (χ1v) is 6.87. The molecular formula is C13H15ClN2S. The standard InChI is InChI=1S/C13H15ClN2S/c1-3-8-15-13-16-9(2)12(17-13)10-4-6-11(14)7-5-10/h4-7H,3,8H2,1-2H3,(H,15,16). The molecule has 1 N–H and O–H groups in total. The molecule has 1 heterocycles. The van der Waals surface area contributed by atoms with Gasteiger partial charge in [-0.15, -0.1) is 0 Å². The second-order valence-corrected chi connectivity index (χ2v) is 5.30. The molecule has 90 valence electrons. The quantitative estimate of drug-likeness (QED) is 0.875. The van der Waals surface area contributed by atoms with Crippen LogP contribution in [0.4, 0.5) is 5.13 Å². The lowest BCUT2D eigenvalue weighted by atomic mass is 10.2. The number of rotatable bonds is 4. The number of thiazole rings is 1. The molecule has 0 saturated heterocycles. The van der Waals surface area contributed by atoms with Gasteiger partial charge in [0.05, 0.1) is 10.6 Å². The highest BCUT2D eigenvalue weighted by molar-refractivity contribution is 7.19. The van der Waals surface area contributed by atoms with E-state index in [1.807, 2.05) is 31.2 Å². The first-order valence-electron chi connectivity index (χ1n) is 5.68. The Morgan fingerprint density at radius 3 is 2.65 bits per heavy atom. The summed E-state index contributed by atoms with van der Waals surface area (Å²) in [7, 11) is 0. The number of halogens is 1. The van der Waals surface area contributed by atoms with Crippen molar-refractivity contribution in [1.82, 2.24) is 4.98 Å². The summed E-state index contributed by atoms with van der Waals surface area (Å²) >= 11 is 7.58. The average Bonchev–Trinajstić information content (AvgIpc) is 2.69. The molecule has 2 rings (SSSR count). The molecule has 17 heavy (non-hydrogen) atoms. The molecule has 0 saturated carbocycles. The lowest BCUT2D eigenvalue weighted by molar-refractivity contribution is 0.974. The van der Waals surface area contributed by atoms with Crippen molar-refractivity contribution >= 4 is 28.1 Å². The minimum Gasteiger partial charge on any atom is -0.362 e. The molecule has 2 nitrogen and oxygen atoms in total. The first-order chi connectivity index (χ1) is 8.20. The Kier molecular flexibility index (Phi) is 4.02. The predicted octanol–water partition coefficient (Wildman–Crippen LogP) is 4.59. The molecule has 4 heteroatoms. The van der Waals surface area contributed by atoms with Crippen LogP contribution in [-0.4, -0.2) is 11.5 Å². The molecule has 0 spiro atoms. The summed E-state index contributed by atoms with van der Waals surface area (Å²) in [5.74, 6) is 0.